The zero-order valence-corrected chi connectivity index (χ0v) is 15.3. The van der Waals surface area contributed by atoms with Crippen LogP contribution in [0.4, 0.5) is 0 Å². The van der Waals surface area contributed by atoms with Crippen molar-refractivity contribution in [3.63, 3.8) is 0 Å². The van der Waals surface area contributed by atoms with Crippen LogP contribution in [0.2, 0.25) is 0 Å². The van der Waals surface area contributed by atoms with E-state index >= 15 is 0 Å². The van der Waals surface area contributed by atoms with E-state index in [0.717, 1.165) is 12.8 Å². The van der Waals surface area contributed by atoms with E-state index < -0.39 is 0 Å². The summed E-state index contributed by atoms with van der Waals surface area (Å²) in [5, 5.41) is 3.07. The van der Waals surface area contributed by atoms with E-state index in [1.807, 2.05) is 0 Å². The minimum atomic E-state index is -0.321. The molecule has 0 spiro atoms. The highest BCUT2D eigenvalue weighted by Crippen LogP contribution is 2.14. The third-order valence-electron chi connectivity index (χ3n) is 4.40. The lowest BCUT2D eigenvalue weighted by Crippen LogP contribution is -1.91. The van der Waals surface area contributed by atoms with Crippen molar-refractivity contribution in [2.24, 2.45) is 5.11 Å². The average Bonchev–Trinajstić information content (AvgIpc) is 2.54. The Balaban J connectivity index is 3.05. The second-order valence-corrected chi connectivity index (χ2v) is 6.64. The molecule has 0 aromatic rings. The molecule has 0 saturated carbocycles. The predicted molar refractivity (Wildman–Crippen MR) is 98.3 cm³/mol. The van der Waals surface area contributed by atoms with Crippen molar-refractivity contribution in [2.75, 3.05) is 0 Å². The van der Waals surface area contributed by atoms with E-state index in [1.54, 1.807) is 0 Å². The summed E-state index contributed by atoms with van der Waals surface area (Å²) >= 11 is 0. The largest absolute Gasteiger partial charge is 0.293 e. The van der Waals surface area contributed by atoms with Gasteiger partial charge in [0.2, 0.25) is 5.91 Å². The highest BCUT2D eigenvalue weighted by Gasteiger charge is 1.98. The maximum atomic E-state index is 11.0. The summed E-state index contributed by atoms with van der Waals surface area (Å²) in [6, 6.07) is 0. The first-order chi connectivity index (χ1) is 11.3. The molecule has 0 atom stereocenters. The molecule has 4 heteroatoms. The van der Waals surface area contributed by atoms with E-state index in [0.29, 0.717) is 6.42 Å². The fourth-order valence-corrected chi connectivity index (χ4v) is 2.92. The van der Waals surface area contributed by atoms with Crippen molar-refractivity contribution in [1.29, 1.82) is 0 Å². The van der Waals surface area contributed by atoms with Gasteiger partial charge in [-0.1, -0.05) is 103 Å². The van der Waals surface area contributed by atoms with Crippen LogP contribution in [-0.4, -0.2) is 5.91 Å². The van der Waals surface area contributed by atoms with E-state index in [1.165, 1.54) is 89.9 Å². The molecule has 134 valence electrons. The number of carbonyl (C=O) groups excluding carboxylic acids is 1. The predicted octanol–water partition coefficient (Wildman–Crippen LogP) is 7.47. The smallest absolute Gasteiger partial charge is 0.218 e. The summed E-state index contributed by atoms with van der Waals surface area (Å²) in [4.78, 5) is 13.5. The molecule has 0 heterocycles. The maximum Gasteiger partial charge on any atom is 0.218 e. The van der Waals surface area contributed by atoms with Crippen molar-refractivity contribution in [1.82, 2.24) is 0 Å². The number of carbonyl (C=O) groups is 1. The zero-order valence-electron chi connectivity index (χ0n) is 15.3. The standard InChI is InChI=1S/C19H37N3O/c1-2-3-4-5-6-7-8-9-10-11-12-13-14-15-16-17-18-19(23)21-22-20/h2-18H2,1H3. The Hall–Kier alpha value is -1.02. The molecular formula is C19H37N3O. The fourth-order valence-electron chi connectivity index (χ4n) is 2.92. The number of rotatable bonds is 17. The molecule has 0 bridgehead atoms. The van der Waals surface area contributed by atoms with Crippen LogP contribution in [0.15, 0.2) is 5.11 Å². The van der Waals surface area contributed by atoms with Gasteiger partial charge >= 0.3 is 0 Å². The van der Waals surface area contributed by atoms with E-state index in [2.05, 4.69) is 16.9 Å². The van der Waals surface area contributed by atoms with Crippen molar-refractivity contribution >= 4 is 5.91 Å². The summed E-state index contributed by atoms with van der Waals surface area (Å²) in [7, 11) is 0. The maximum absolute atomic E-state index is 11.0. The van der Waals surface area contributed by atoms with Gasteiger partial charge in [0, 0.05) is 11.3 Å². The zero-order chi connectivity index (χ0) is 17.0. The van der Waals surface area contributed by atoms with Crippen LogP contribution in [0.3, 0.4) is 0 Å². The van der Waals surface area contributed by atoms with Crippen LogP contribution in [0.1, 0.15) is 116 Å². The number of unbranched alkanes of at least 4 members (excludes halogenated alkanes) is 15. The molecule has 0 aliphatic carbocycles. The first-order valence-electron chi connectivity index (χ1n) is 9.89. The summed E-state index contributed by atoms with van der Waals surface area (Å²) < 4.78 is 0. The quantitative estimate of drug-likeness (QED) is 0.118. The molecule has 4 nitrogen and oxygen atoms in total. The summed E-state index contributed by atoms with van der Waals surface area (Å²) in [6.45, 7) is 2.27. The minimum absolute atomic E-state index is 0.321. The first kappa shape index (κ1) is 22.0. The molecule has 0 rings (SSSR count). The van der Waals surface area contributed by atoms with Crippen LogP contribution in [0, 0.1) is 0 Å². The summed E-state index contributed by atoms with van der Waals surface area (Å²) in [5.74, 6) is -0.321. The van der Waals surface area contributed by atoms with Gasteiger partial charge in [-0.2, -0.15) is 0 Å². The van der Waals surface area contributed by atoms with Crippen LogP contribution in [0.5, 0.6) is 0 Å². The number of nitrogens with zero attached hydrogens (tertiary/aromatic N) is 3. The fraction of sp³-hybridized carbons (Fsp3) is 0.947. The Morgan fingerprint density at radius 1 is 0.696 bits per heavy atom. The van der Waals surface area contributed by atoms with Gasteiger partial charge in [0.05, 0.1) is 0 Å². The Labute approximate surface area is 143 Å². The van der Waals surface area contributed by atoms with Gasteiger partial charge in [-0.15, -0.1) is 0 Å². The molecule has 0 N–H and O–H groups in total. The summed E-state index contributed by atoms with van der Waals surface area (Å²) in [6.07, 6.45) is 21.6. The Kier molecular flexibility index (Phi) is 18.2. The van der Waals surface area contributed by atoms with Crippen LogP contribution >= 0.6 is 0 Å². The normalized spacial score (nSPS) is 10.5. The van der Waals surface area contributed by atoms with Gasteiger partial charge in [0.1, 0.15) is 0 Å². The second-order valence-electron chi connectivity index (χ2n) is 6.64. The molecule has 1 amide bonds. The molecule has 0 unspecified atom stereocenters. The van der Waals surface area contributed by atoms with Gasteiger partial charge in [-0.25, -0.2) is 0 Å². The van der Waals surface area contributed by atoms with Crippen LogP contribution in [0.25, 0.3) is 10.4 Å². The lowest BCUT2D eigenvalue weighted by Gasteiger charge is -2.03. The van der Waals surface area contributed by atoms with Crippen molar-refractivity contribution in [2.45, 2.75) is 116 Å². The minimum Gasteiger partial charge on any atom is -0.293 e. The molecule has 23 heavy (non-hydrogen) atoms. The molecule has 0 aliphatic rings. The van der Waals surface area contributed by atoms with Gasteiger partial charge in [-0.05, 0) is 17.1 Å². The van der Waals surface area contributed by atoms with E-state index in [-0.39, 0.29) is 5.91 Å². The van der Waals surface area contributed by atoms with E-state index in [9.17, 15) is 4.79 Å². The number of azide groups is 1. The van der Waals surface area contributed by atoms with E-state index in [4.69, 9.17) is 5.53 Å². The summed E-state index contributed by atoms with van der Waals surface area (Å²) in [5.41, 5.74) is 8.11. The van der Waals surface area contributed by atoms with Crippen molar-refractivity contribution in [3.8, 4) is 0 Å². The molecule has 0 aliphatic heterocycles. The van der Waals surface area contributed by atoms with Crippen molar-refractivity contribution in [3.05, 3.63) is 10.4 Å². The third-order valence-corrected chi connectivity index (χ3v) is 4.40. The Morgan fingerprint density at radius 2 is 1.04 bits per heavy atom. The van der Waals surface area contributed by atoms with Gasteiger partial charge in [0.15, 0.2) is 0 Å². The lowest BCUT2D eigenvalue weighted by atomic mass is 10.0. The monoisotopic (exact) mass is 323 g/mol. The van der Waals surface area contributed by atoms with Crippen LogP contribution < -0.4 is 0 Å². The highest BCUT2D eigenvalue weighted by atomic mass is 16.1. The van der Waals surface area contributed by atoms with Crippen molar-refractivity contribution < 1.29 is 4.79 Å². The molecule has 0 saturated heterocycles. The number of hydrogen-bond donors (Lipinski definition) is 0. The second kappa shape index (κ2) is 19.0. The molecule has 0 aromatic heterocycles. The first-order valence-corrected chi connectivity index (χ1v) is 9.89. The van der Waals surface area contributed by atoms with Gasteiger partial charge in [0.25, 0.3) is 0 Å². The van der Waals surface area contributed by atoms with Gasteiger partial charge < -0.3 is 0 Å². The van der Waals surface area contributed by atoms with Crippen LogP contribution in [-0.2, 0) is 4.79 Å². The molecule has 0 radical (unpaired) electrons. The topological polar surface area (TPSA) is 65.8 Å². The highest BCUT2D eigenvalue weighted by molar-refractivity contribution is 5.76. The third kappa shape index (κ3) is 18.9. The Morgan fingerprint density at radius 3 is 1.39 bits per heavy atom. The molecule has 0 fully saturated rings. The number of hydrogen-bond acceptors (Lipinski definition) is 1. The number of amides is 1. The van der Waals surface area contributed by atoms with Gasteiger partial charge in [-0.3, -0.25) is 4.79 Å². The molecular weight excluding hydrogens is 286 g/mol. The average molecular weight is 324 g/mol. The SMILES string of the molecule is CCCCCCCCCCCCCCCCCCC(=O)N=[N+]=[N-]. The molecule has 0 aromatic carbocycles. The Bertz CT molecular complexity index is 312. The lowest BCUT2D eigenvalue weighted by molar-refractivity contribution is -0.118.